The average molecular weight is 593 g/mol. The molecule has 3 aromatic carbocycles. The van der Waals surface area contributed by atoms with Gasteiger partial charge < -0.3 is 9.47 Å². The van der Waals surface area contributed by atoms with Crippen molar-refractivity contribution in [2.75, 3.05) is 6.61 Å². The SMILES string of the molecule is O=C(COC(=O)C(Cc1ccccc1)N1C(=O)C2C3C=CC(C4CC34)C2C1=O)c1ccc(Oc2ccc([N+](=O)[O-])cc2)cc1. The van der Waals surface area contributed by atoms with E-state index in [4.69, 9.17) is 9.47 Å². The number of Topliss-reactive ketones (excluding diaryl/α,β-unsaturated/α-hetero) is 1. The number of nitrogens with zero attached hydrogens (tertiary/aromatic N) is 2. The van der Waals surface area contributed by atoms with Crippen LogP contribution in [0.3, 0.4) is 0 Å². The van der Waals surface area contributed by atoms with Gasteiger partial charge in [0.05, 0.1) is 16.8 Å². The first-order chi connectivity index (χ1) is 21.3. The van der Waals surface area contributed by atoms with Crippen molar-refractivity contribution in [3.05, 3.63) is 112 Å². The molecule has 3 aromatic rings. The van der Waals surface area contributed by atoms with Crippen molar-refractivity contribution in [3.63, 3.8) is 0 Å². The van der Waals surface area contributed by atoms with Gasteiger partial charge in [0.25, 0.3) is 5.69 Å². The Bertz CT molecular complexity index is 1650. The van der Waals surface area contributed by atoms with Gasteiger partial charge in [-0.2, -0.15) is 0 Å². The Morgan fingerprint density at radius 1 is 0.841 bits per heavy atom. The lowest BCUT2D eigenvalue weighted by Crippen LogP contribution is -2.48. The quantitative estimate of drug-likeness (QED) is 0.0821. The number of nitro groups is 1. The molecule has 1 heterocycles. The summed E-state index contributed by atoms with van der Waals surface area (Å²) < 4.78 is 11.2. The zero-order valence-corrected chi connectivity index (χ0v) is 23.5. The molecule has 10 heteroatoms. The van der Waals surface area contributed by atoms with Crippen LogP contribution in [0.15, 0.2) is 91.0 Å². The van der Waals surface area contributed by atoms with E-state index in [1.807, 2.05) is 30.3 Å². The first kappa shape index (κ1) is 27.7. The van der Waals surface area contributed by atoms with Crippen molar-refractivity contribution in [1.82, 2.24) is 4.90 Å². The maximum atomic E-state index is 13.8. The van der Waals surface area contributed by atoms with Crippen LogP contribution in [-0.4, -0.2) is 46.0 Å². The molecule has 1 saturated heterocycles. The first-order valence-corrected chi connectivity index (χ1v) is 14.6. The predicted molar refractivity (Wildman–Crippen MR) is 155 cm³/mol. The summed E-state index contributed by atoms with van der Waals surface area (Å²) in [5.74, 6) is -1.07. The Balaban J connectivity index is 1.04. The summed E-state index contributed by atoms with van der Waals surface area (Å²) in [6, 6.07) is 19.7. The summed E-state index contributed by atoms with van der Waals surface area (Å²) in [7, 11) is 0. The highest BCUT2D eigenvalue weighted by atomic mass is 16.6. The number of carbonyl (C=O) groups is 4. The molecule has 3 fully saturated rings. The van der Waals surface area contributed by atoms with Crippen LogP contribution in [-0.2, 0) is 25.5 Å². The zero-order valence-electron chi connectivity index (χ0n) is 23.5. The fraction of sp³-hybridized carbons (Fsp3) is 0.294. The molecule has 0 radical (unpaired) electrons. The number of amides is 2. The third kappa shape index (κ3) is 4.86. The minimum absolute atomic E-state index is 0.0267. The maximum absolute atomic E-state index is 13.8. The first-order valence-electron chi connectivity index (χ1n) is 14.6. The second kappa shape index (κ2) is 10.9. The average Bonchev–Trinajstić information content (AvgIpc) is 3.82. The molecule has 2 bridgehead atoms. The largest absolute Gasteiger partial charge is 0.457 e. The molecule has 0 spiro atoms. The van der Waals surface area contributed by atoms with Gasteiger partial charge >= 0.3 is 5.97 Å². The molecule has 10 nitrogen and oxygen atoms in total. The minimum Gasteiger partial charge on any atom is -0.457 e. The number of benzene rings is 3. The van der Waals surface area contributed by atoms with Crippen LogP contribution in [0, 0.1) is 45.6 Å². The highest BCUT2D eigenvalue weighted by molar-refractivity contribution is 6.09. The third-order valence-corrected chi connectivity index (χ3v) is 9.36. The molecule has 5 aliphatic rings. The summed E-state index contributed by atoms with van der Waals surface area (Å²) >= 11 is 0. The number of hydrogen-bond donors (Lipinski definition) is 0. The highest BCUT2D eigenvalue weighted by Crippen LogP contribution is 2.65. The smallest absolute Gasteiger partial charge is 0.330 e. The summed E-state index contributed by atoms with van der Waals surface area (Å²) in [6.45, 7) is -0.563. The number of ketones is 1. The number of esters is 1. The molecule has 8 rings (SSSR count). The Kier molecular flexibility index (Phi) is 6.84. The van der Waals surface area contributed by atoms with Gasteiger partial charge in [0.15, 0.2) is 12.4 Å². The fourth-order valence-corrected chi connectivity index (χ4v) is 7.20. The van der Waals surface area contributed by atoms with Gasteiger partial charge in [-0.25, -0.2) is 4.79 Å². The van der Waals surface area contributed by atoms with Gasteiger partial charge in [0, 0.05) is 24.1 Å². The Morgan fingerprint density at radius 2 is 1.41 bits per heavy atom. The lowest BCUT2D eigenvalue weighted by atomic mass is 9.63. The molecule has 2 amide bonds. The summed E-state index contributed by atoms with van der Waals surface area (Å²) in [5, 5.41) is 10.8. The van der Waals surface area contributed by atoms with Crippen molar-refractivity contribution >= 4 is 29.3 Å². The second-order valence-electron chi connectivity index (χ2n) is 11.8. The standard InChI is InChI=1S/C34H28N2O8/c37-29(20-6-10-22(11-7-20)44-23-12-8-21(9-13-23)36(41)42)18-43-34(40)28(16-19-4-2-1-3-5-19)35-32(38)30-24-14-15-25(27-17-26(24)27)31(30)33(35)39/h1-15,24-28,30-31H,16-18H2. The molecule has 7 unspecified atom stereocenters. The monoisotopic (exact) mass is 592 g/mol. The molecular weight excluding hydrogens is 564 g/mol. The molecule has 2 saturated carbocycles. The van der Waals surface area contributed by atoms with Crippen LogP contribution >= 0.6 is 0 Å². The summed E-state index contributed by atoms with van der Waals surface area (Å²) in [4.78, 5) is 65.5. The van der Waals surface area contributed by atoms with Crippen LogP contribution in [0.2, 0.25) is 0 Å². The molecule has 4 aliphatic carbocycles. The van der Waals surface area contributed by atoms with Gasteiger partial charge in [-0.15, -0.1) is 0 Å². The number of likely N-dealkylation sites (tertiary alicyclic amines) is 1. The topological polar surface area (TPSA) is 133 Å². The van der Waals surface area contributed by atoms with Gasteiger partial charge in [-0.05, 0) is 72.1 Å². The number of allylic oxidation sites excluding steroid dienone is 2. The van der Waals surface area contributed by atoms with Crippen LogP contribution in [0.25, 0.3) is 0 Å². The number of ether oxygens (including phenoxy) is 2. The Labute approximate surface area is 252 Å². The van der Waals surface area contributed by atoms with E-state index in [1.54, 1.807) is 12.1 Å². The number of hydrogen-bond acceptors (Lipinski definition) is 8. The van der Waals surface area contributed by atoms with E-state index in [0.29, 0.717) is 23.3 Å². The van der Waals surface area contributed by atoms with Crippen molar-refractivity contribution in [2.24, 2.45) is 35.5 Å². The number of nitro benzene ring substituents is 1. The van der Waals surface area contributed by atoms with E-state index < -0.39 is 41.2 Å². The van der Waals surface area contributed by atoms with E-state index >= 15 is 0 Å². The fourth-order valence-electron chi connectivity index (χ4n) is 7.20. The summed E-state index contributed by atoms with van der Waals surface area (Å²) in [6.07, 6.45) is 5.30. The zero-order chi connectivity index (χ0) is 30.5. The molecule has 1 aliphatic heterocycles. The van der Waals surface area contributed by atoms with Gasteiger partial charge in [-0.1, -0.05) is 42.5 Å². The minimum atomic E-state index is -1.18. The maximum Gasteiger partial charge on any atom is 0.330 e. The normalized spacial score (nSPS) is 26.5. The Morgan fingerprint density at radius 3 is 1.98 bits per heavy atom. The van der Waals surface area contributed by atoms with Crippen molar-refractivity contribution < 1.29 is 33.6 Å². The lowest BCUT2D eigenvalue weighted by molar-refractivity contribution is -0.384. The third-order valence-electron chi connectivity index (χ3n) is 9.36. The van der Waals surface area contributed by atoms with Crippen LogP contribution in [0.1, 0.15) is 22.3 Å². The number of carbonyl (C=O) groups excluding carboxylic acids is 4. The van der Waals surface area contributed by atoms with Crippen LogP contribution in [0.4, 0.5) is 5.69 Å². The molecule has 7 atom stereocenters. The van der Waals surface area contributed by atoms with E-state index in [2.05, 4.69) is 12.2 Å². The van der Waals surface area contributed by atoms with E-state index in [1.165, 1.54) is 36.4 Å². The van der Waals surface area contributed by atoms with Crippen molar-refractivity contribution in [3.8, 4) is 11.5 Å². The lowest BCUT2D eigenvalue weighted by Gasteiger charge is -2.37. The van der Waals surface area contributed by atoms with Crippen LogP contribution < -0.4 is 4.74 Å². The molecule has 0 N–H and O–H groups in total. The number of non-ortho nitro benzene ring substituents is 1. The van der Waals surface area contributed by atoms with Crippen LogP contribution in [0.5, 0.6) is 11.5 Å². The number of rotatable bonds is 10. The van der Waals surface area contributed by atoms with Gasteiger partial charge in [0.1, 0.15) is 17.5 Å². The molecule has 44 heavy (non-hydrogen) atoms. The summed E-state index contributed by atoms with van der Waals surface area (Å²) in [5.41, 5.74) is 0.981. The molecule has 0 aromatic heterocycles. The van der Waals surface area contributed by atoms with Gasteiger partial charge in [-0.3, -0.25) is 29.4 Å². The van der Waals surface area contributed by atoms with Gasteiger partial charge in [0.2, 0.25) is 11.8 Å². The highest BCUT2D eigenvalue weighted by Gasteiger charge is 2.68. The van der Waals surface area contributed by atoms with Crippen molar-refractivity contribution in [2.45, 2.75) is 18.9 Å². The predicted octanol–water partition coefficient (Wildman–Crippen LogP) is 4.78. The molecule has 222 valence electrons. The van der Waals surface area contributed by atoms with Crippen molar-refractivity contribution in [1.29, 1.82) is 0 Å². The second-order valence-corrected chi connectivity index (χ2v) is 11.8. The Hall–Kier alpha value is -5.12. The molecular formula is C34H28N2O8. The van der Waals surface area contributed by atoms with E-state index in [-0.39, 0.29) is 41.3 Å². The number of imide groups is 1. The van der Waals surface area contributed by atoms with E-state index in [0.717, 1.165) is 16.9 Å². The van der Waals surface area contributed by atoms with E-state index in [9.17, 15) is 29.3 Å².